The van der Waals surface area contributed by atoms with E-state index in [0.717, 1.165) is 17.5 Å². The lowest BCUT2D eigenvalue weighted by Crippen LogP contribution is -2.38. The van der Waals surface area contributed by atoms with Gasteiger partial charge in [-0.3, -0.25) is 0 Å². The maximum absolute atomic E-state index is 6.06. The first kappa shape index (κ1) is 13.3. The summed E-state index contributed by atoms with van der Waals surface area (Å²) in [4.78, 5) is 2.52. The van der Waals surface area contributed by atoms with Crippen LogP contribution in [-0.4, -0.2) is 13.1 Å². The topological polar surface area (TPSA) is 29.3 Å². The summed E-state index contributed by atoms with van der Waals surface area (Å²) in [6.45, 7) is 11.5. The Morgan fingerprint density at radius 3 is 2.33 bits per heavy atom. The molecule has 0 bridgehead atoms. The summed E-state index contributed by atoms with van der Waals surface area (Å²) in [5.74, 6) is 2.06. The third kappa shape index (κ3) is 2.80. The maximum Gasteiger partial charge on any atom is 0.0370 e. The fourth-order valence-corrected chi connectivity index (χ4v) is 3.13. The first-order chi connectivity index (χ1) is 8.47. The average Bonchev–Trinajstić information content (AvgIpc) is 2.27. The fourth-order valence-electron chi connectivity index (χ4n) is 3.13. The number of nitrogen functional groups attached to an aromatic ring is 1. The molecule has 2 rings (SSSR count). The lowest BCUT2D eigenvalue weighted by Gasteiger charge is -2.37. The van der Waals surface area contributed by atoms with E-state index < -0.39 is 0 Å². The number of rotatable bonds is 2. The van der Waals surface area contributed by atoms with E-state index in [1.807, 2.05) is 0 Å². The van der Waals surface area contributed by atoms with Gasteiger partial charge >= 0.3 is 0 Å². The van der Waals surface area contributed by atoms with E-state index in [-0.39, 0.29) is 0 Å². The third-order valence-electron chi connectivity index (χ3n) is 3.93. The third-order valence-corrected chi connectivity index (χ3v) is 3.93. The smallest absolute Gasteiger partial charge is 0.0370 e. The van der Waals surface area contributed by atoms with Crippen LogP contribution >= 0.6 is 0 Å². The van der Waals surface area contributed by atoms with Gasteiger partial charge in [-0.05, 0) is 47.9 Å². The van der Waals surface area contributed by atoms with Gasteiger partial charge < -0.3 is 10.6 Å². The summed E-state index contributed by atoms with van der Waals surface area (Å²) in [5, 5.41) is 0. The minimum absolute atomic E-state index is 0.490. The molecule has 1 fully saturated rings. The predicted octanol–water partition coefficient (Wildman–Crippen LogP) is 3.87. The van der Waals surface area contributed by atoms with E-state index in [2.05, 4.69) is 50.8 Å². The monoisotopic (exact) mass is 246 g/mol. The predicted molar refractivity (Wildman–Crippen MR) is 80.1 cm³/mol. The Morgan fingerprint density at radius 1 is 1.17 bits per heavy atom. The standard InChI is InChI=1S/C16H26N2/c1-11(2)15-8-14(5-6-16(15)17)18-9-12(3)7-13(4)10-18/h5-6,8,11-13H,7,9-10,17H2,1-4H3. The van der Waals surface area contributed by atoms with Gasteiger partial charge in [0.15, 0.2) is 0 Å². The Balaban J connectivity index is 2.25. The Labute approximate surface area is 111 Å². The highest BCUT2D eigenvalue weighted by molar-refractivity contribution is 5.59. The molecule has 1 heterocycles. The summed E-state index contributed by atoms with van der Waals surface area (Å²) < 4.78 is 0. The van der Waals surface area contributed by atoms with Crippen LogP contribution in [0.15, 0.2) is 18.2 Å². The Morgan fingerprint density at radius 2 is 1.78 bits per heavy atom. The largest absolute Gasteiger partial charge is 0.398 e. The number of nitrogens with two attached hydrogens (primary N) is 1. The number of nitrogens with zero attached hydrogens (tertiary/aromatic N) is 1. The SMILES string of the molecule is CC1CC(C)CN(c2ccc(N)c(C(C)C)c2)C1. The maximum atomic E-state index is 6.06. The first-order valence-electron chi connectivity index (χ1n) is 7.11. The molecule has 2 atom stereocenters. The number of hydrogen-bond donors (Lipinski definition) is 1. The van der Waals surface area contributed by atoms with E-state index >= 15 is 0 Å². The Kier molecular flexibility index (Phi) is 3.84. The van der Waals surface area contributed by atoms with Gasteiger partial charge in [0.2, 0.25) is 0 Å². The Hall–Kier alpha value is -1.18. The molecule has 1 aliphatic rings. The molecule has 100 valence electrons. The van der Waals surface area contributed by atoms with Crippen LogP contribution in [0.3, 0.4) is 0 Å². The van der Waals surface area contributed by atoms with Crippen LogP contribution in [-0.2, 0) is 0 Å². The van der Waals surface area contributed by atoms with Crippen molar-refractivity contribution in [2.45, 2.75) is 40.0 Å². The highest BCUT2D eigenvalue weighted by Crippen LogP contribution is 2.31. The summed E-state index contributed by atoms with van der Waals surface area (Å²) in [5.41, 5.74) is 9.59. The van der Waals surface area contributed by atoms with Crippen molar-refractivity contribution in [3.63, 3.8) is 0 Å². The quantitative estimate of drug-likeness (QED) is 0.803. The van der Waals surface area contributed by atoms with Crippen LogP contribution < -0.4 is 10.6 Å². The second-order valence-electron chi connectivity index (χ2n) is 6.32. The zero-order valence-electron chi connectivity index (χ0n) is 12.1. The highest BCUT2D eigenvalue weighted by Gasteiger charge is 2.22. The summed E-state index contributed by atoms with van der Waals surface area (Å²) in [7, 11) is 0. The van der Waals surface area contributed by atoms with Crippen molar-refractivity contribution >= 4 is 11.4 Å². The molecular formula is C16H26N2. The van der Waals surface area contributed by atoms with Crippen LogP contribution in [0.2, 0.25) is 0 Å². The molecule has 2 unspecified atom stereocenters. The number of piperidine rings is 1. The van der Waals surface area contributed by atoms with E-state index in [0.29, 0.717) is 5.92 Å². The minimum Gasteiger partial charge on any atom is -0.398 e. The van der Waals surface area contributed by atoms with Gasteiger partial charge in [0, 0.05) is 24.5 Å². The first-order valence-corrected chi connectivity index (χ1v) is 7.11. The van der Waals surface area contributed by atoms with Gasteiger partial charge in [0.05, 0.1) is 0 Å². The van der Waals surface area contributed by atoms with E-state index in [9.17, 15) is 0 Å². The van der Waals surface area contributed by atoms with Crippen molar-refractivity contribution in [1.82, 2.24) is 0 Å². The molecule has 0 spiro atoms. The van der Waals surface area contributed by atoms with E-state index in [4.69, 9.17) is 5.73 Å². The van der Waals surface area contributed by atoms with Gasteiger partial charge in [-0.2, -0.15) is 0 Å². The van der Waals surface area contributed by atoms with Crippen LogP contribution in [0.4, 0.5) is 11.4 Å². The zero-order valence-corrected chi connectivity index (χ0v) is 12.1. The van der Waals surface area contributed by atoms with Crippen molar-refractivity contribution in [3.05, 3.63) is 23.8 Å². The number of benzene rings is 1. The summed E-state index contributed by atoms with van der Waals surface area (Å²) in [6, 6.07) is 6.52. The summed E-state index contributed by atoms with van der Waals surface area (Å²) >= 11 is 0. The van der Waals surface area contributed by atoms with Gasteiger partial charge in [-0.15, -0.1) is 0 Å². The molecule has 18 heavy (non-hydrogen) atoms. The normalized spacial score (nSPS) is 24.6. The molecule has 0 radical (unpaired) electrons. The van der Waals surface area contributed by atoms with Gasteiger partial charge in [-0.25, -0.2) is 0 Å². The fraction of sp³-hybridized carbons (Fsp3) is 0.625. The van der Waals surface area contributed by atoms with Crippen LogP contribution in [0.1, 0.15) is 45.6 Å². The molecule has 0 saturated carbocycles. The van der Waals surface area contributed by atoms with Crippen molar-refractivity contribution < 1.29 is 0 Å². The lowest BCUT2D eigenvalue weighted by atomic mass is 9.91. The molecule has 0 aromatic heterocycles. The van der Waals surface area contributed by atoms with Crippen molar-refractivity contribution in [2.24, 2.45) is 11.8 Å². The van der Waals surface area contributed by atoms with Gasteiger partial charge in [0.1, 0.15) is 0 Å². The van der Waals surface area contributed by atoms with Crippen molar-refractivity contribution in [3.8, 4) is 0 Å². The number of anilines is 2. The summed E-state index contributed by atoms with van der Waals surface area (Å²) in [6.07, 6.45) is 1.35. The van der Waals surface area contributed by atoms with Crippen molar-refractivity contribution in [1.29, 1.82) is 0 Å². The molecule has 1 aromatic rings. The minimum atomic E-state index is 0.490. The molecule has 0 amide bonds. The molecule has 2 N–H and O–H groups in total. The zero-order chi connectivity index (χ0) is 13.3. The number of hydrogen-bond acceptors (Lipinski definition) is 2. The molecular weight excluding hydrogens is 220 g/mol. The van der Waals surface area contributed by atoms with E-state index in [1.165, 1.54) is 30.8 Å². The molecule has 2 nitrogen and oxygen atoms in total. The molecule has 2 heteroatoms. The van der Waals surface area contributed by atoms with Gasteiger partial charge in [0.25, 0.3) is 0 Å². The molecule has 1 aromatic carbocycles. The molecule has 1 aliphatic heterocycles. The Bertz CT molecular complexity index is 402. The van der Waals surface area contributed by atoms with E-state index in [1.54, 1.807) is 0 Å². The van der Waals surface area contributed by atoms with Gasteiger partial charge in [-0.1, -0.05) is 27.7 Å². The molecule has 0 aliphatic carbocycles. The molecule has 1 saturated heterocycles. The van der Waals surface area contributed by atoms with Crippen molar-refractivity contribution in [2.75, 3.05) is 23.7 Å². The second-order valence-corrected chi connectivity index (χ2v) is 6.32. The van der Waals surface area contributed by atoms with Crippen LogP contribution in [0, 0.1) is 11.8 Å². The lowest BCUT2D eigenvalue weighted by molar-refractivity contribution is 0.357. The van der Waals surface area contributed by atoms with Crippen LogP contribution in [0.25, 0.3) is 0 Å². The highest BCUT2D eigenvalue weighted by atomic mass is 15.1. The average molecular weight is 246 g/mol. The van der Waals surface area contributed by atoms with Crippen LogP contribution in [0.5, 0.6) is 0 Å². The second kappa shape index (κ2) is 5.21.